The van der Waals surface area contributed by atoms with E-state index in [-0.39, 0.29) is 0 Å². The van der Waals surface area contributed by atoms with Crippen LogP contribution in [0.3, 0.4) is 0 Å². The number of imidazole rings is 3. The van der Waals surface area contributed by atoms with Crippen molar-refractivity contribution in [3.8, 4) is 0 Å². The topological polar surface area (TPSA) is 119 Å². The third kappa shape index (κ3) is 5.28. The molecule has 0 fully saturated rings. The zero-order chi connectivity index (χ0) is 19.9. The Kier molecular flexibility index (Phi) is 6.96. The maximum Gasteiger partial charge on any atom is 0.0925 e. The number of hydrogen-bond donors (Lipinski definition) is 4. The van der Waals surface area contributed by atoms with Crippen molar-refractivity contribution in [2.24, 2.45) is 5.73 Å². The lowest BCUT2D eigenvalue weighted by Crippen LogP contribution is -2.37. The van der Waals surface area contributed by atoms with Gasteiger partial charge in [0.2, 0.25) is 0 Å². The minimum atomic E-state index is 0.625. The van der Waals surface area contributed by atoms with E-state index < -0.39 is 0 Å². The molecule has 28 heavy (non-hydrogen) atoms. The van der Waals surface area contributed by atoms with Crippen molar-refractivity contribution in [1.29, 1.82) is 0 Å². The number of nitrogens with two attached hydrogens (primary N) is 1. The van der Waals surface area contributed by atoms with Gasteiger partial charge in [0.25, 0.3) is 0 Å². The van der Waals surface area contributed by atoms with Crippen LogP contribution >= 0.6 is 0 Å². The Hall–Kier alpha value is -2.49. The summed E-state index contributed by atoms with van der Waals surface area (Å²) in [5.74, 6) is 0. The van der Waals surface area contributed by atoms with E-state index in [1.54, 1.807) is 19.0 Å². The first-order valence-electron chi connectivity index (χ1n) is 9.68. The first-order valence-corrected chi connectivity index (χ1v) is 9.68. The Bertz CT molecular complexity index is 805. The second-order valence-electron chi connectivity index (χ2n) is 7.20. The zero-order valence-corrected chi connectivity index (χ0v) is 17.0. The van der Waals surface area contributed by atoms with Gasteiger partial charge in [-0.2, -0.15) is 0 Å². The first-order chi connectivity index (χ1) is 13.6. The van der Waals surface area contributed by atoms with Gasteiger partial charge < -0.3 is 20.7 Å². The monoisotopic (exact) mass is 385 g/mol. The van der Waals surface area contributed by atoms with Crippen molar-refractivity contribution in [3.63, 3.8) is 0 Å². The van der Waals surface area contributed by atoms with E-state index in [4.69, 9.17) is 5.73 Å². The summed E-state index contributed by atoms with van der Waals surface area (Å²) in [6.45, 7) is 11.8. The molecule has 9 heteroatoms. The SMILES string of the molecule is Cc1[nH]cnc1CN(CCN)CCN(Cc1nc[nH]c1C)Cc1nc[nH]c1C. The molecule has 0 radical (unpaired) electrons. The minimum Gasteiger partial charge on any atom is -0.348 e. The molecular formula is C19H31N9. The largest absolute Gasteiger partial charge is 0.348 e. The number of aryl methyl sites for hydroxylation is 3. The molecule has 3 aromatic heterocycles. The van der Waals surface area contributed by atoms with Gasteiger partial charge in [0.05, 0.1) is 36.1 Å². The molecule has 0 amide bonds. The Labute approximate surface area is 165 Å². The summed E-state index contributed by atoms with van der Waals surface area (Å²) in [7, 11) is 0. The van der Waals surface area contributed by atoms with Gasteiger partial charge in [0.15, 0.2) is 0 Å². The molecule has 3 rings (SSSR count). The van der Waals surface area contributed by atoms with Gasteiger partial charge in [-0.1, -0.05) is 0 Å². The lowest BCUT2D eigenvalue weighted by Gasteiger charge is -2.27. The van der Waals surface area contributed by atoms with Crippen molar-refractivity contribution in [2.45, 2.75) is 40.4 Å². The third-order valence-electron chi connectivity index (χ3n) is 5.10. The molecule has 5 N–H and O–H groups in total. The lowest BCUT2D eigenvalue weighted by molar-refractivity contribution is 0.186. The van der Waals surface area contributed by atoms with E-state index in [9.17, 15) is 0 Å². The van der Waals surface area contributed by atoms with Crippen molar-refractivity contribution in [2.75, 3.05) is 26.2 Å². The van der Waals surface area contributed by atoms with Gasteiger partial charge in [0.1, 0.15) is 0 Å². The highest BCUT2D eigenvalue weighted by Crippen LogP contribution is 2.12. The Morgan fingerprint density at radius 3 is 1.43 bits per heavy atom. The molecule has 152 valence electrons. The molecule has 9 nitrogen and oxygen atoms in total. The van der Waals surface area contributed by atoms with E-state index >= 15 is 0 Å². The number of nitrogens with zero attached hydrogens (tertiary/aromatic N) is 5. The molecule has 0 saturated heterocycles. The molecule has 0 aliphatic carbocycles. The number of H-pyrrole nitrogens is 3. The maximum absolute atomic E-state index is 5.85. The second kappa shape index (κ2) is 9.63. The van der Waals surface area contributed by atoms with E-state index in [0.717, 1.165) is 73.4 Å². The van der Waals surface area contributed by atoms with Crippen LogP contribution in [0.25, 0.3) is 0 Å². The molecule has 3 aromatic rings. The van der Waals surface area contributed by atoms with Crippen LogP contribution in [-0.2, 0) is 19.6 Å². The van der Waals surface area contributed by atoms with Crippen LogP contribution in [0.2, 0.25) is 0 Å². The number of hydrogen-bond acceptors (Lipinski definition) is 6. The van der Waals surface area contributed by atoms with E-state index in [1.807, 2.05) is 0 Å². The highest BCUT2D eigenvalue weighted by atomic mass is 15.2. The summed E-state index contributed by atoms with van der Waals surface area (Å²) in [4.78, 5) is 27.6. The van der Waals surface area contributed by atoms with Gasteiger partial charge in [-0.15, -0.1) is 0 Å². The van der Waals surface area contributed by atoms with Crippen molar-refractivity contribution < 1.29 is 0 Å². The van der Waals surface area contributed by atoms with Gasteiger partial charge >= 0.3 is 0 Å². The molecule has 0 atom stereocenters. The molecule has 0 saturated carbocycles. The van der Waals surface area contributed by atoms with Gasteiger partial charge in [-0.05, 0) is 20.8 Å². The molecule has 0 aromatic carbocycles. The van der Waals surface area contributed by atoms with E-state index in [0.29, 0.717) is 6.54 Å². The van der Waals surface area contributed by atoms with Gasteiger partial charge in [0, 0.05) is 62.9 Å². The van der Waals surface area contributed by atoms with Crippen LogP contribution in [0.4, 0.5) is 0 Å². The fourth-order valence-corrected chi connectivity index (χ4v) is 3.22. The Balaban J connectivity index is 1.67. The molecule has 0 bridgehead atoms. The number of aromatic nitrogens is 6. The molecule has 0 unspecified atom stereocenters. The lowest BCUT2D eigenvalue weighted by atomic mass is 10.2. The van der Waals surface area contributed by atoms with E-state index in [1.165, 1.54) is 0 Å². The highest BCUT2D eigenvalue weighted by molar-refractivity contribution is 5.11. The first kappa shape index (κ1) is 20.2. The van der Waals surface area contributed by atoms with Crippen LogP contribution < -0.4 is 5.73 Å². The molecule has 0 spiro atoms. The average Bonchev–Trinajstić information content (AvgIpc) is 3.37. The molecule has 0 aliphatic heterocycles. The molecule has 3 heterocycles. The Morgan fingerprint density at radius 2 is 1.07 bits per heavy atom. The standard InChI is InChI=1S/C19H31N9/c1-14-17(24-11-21-14)8-27(5-4-20)6-7-28(9-18-15(2)22-12-25-18)10-19-16(3)23-13-26-19/h11-13H,4-10,20H2,1-3H3,(H,21,24)(H,22,25)(H,23,26). The summed E-state index contributed by atoms with van der Waals surface area (Å²) < 4.78 is 0. The number of nitrogens with one attached hydrogen (secondary N) is 3. The molecular weight excluding hydrogens is 354 g/mol. The van der Waals surface area contributed by atoms with Crippen LogP contribution in [0.15, 0.2) is 19.0 Å². The van der Waals surface area contributed by atoms with Crippen molar-refractivity contribution in [3.05, 3.63) is 53.1 Å². The van der Waals surface area contributed by atoms with Crippen LogP contribution in [-0.4, -0.2) is 65.9 Å². The summed E-state index contributed by atoms with van der Waals surface area (Å²) >= 11 is 0. The maximum atomic E-state index is 5.85. The average molecular weight is 386 g/mol. The number of rotatable bonds is 11. The van der Waals surface area contributed by atoms with E-state index in [2.05, 4.69) is 60.5 Å². The third-order valence-corrected chi connectivity index (χ3v) is 5.10. The van der Waals surface area contributed by atoms with Crippen molar-refractivity contribution in [1.82, 2.24) is 39.7 Å². The normalized spacial score (nSPS) is 11.8. The zero-order valence-electron chi connectivity index (χ0n) is 17.0. The highest BCUT2D eigenvalue weighted by Gasteiger charge is 2.16. The summed E-state index contributed by atoms with van der Waals surface area (Å²) in [6.07, 6.45) is 5.26. The Morgan fingerprint density at radius 1 is 0.679 bits per heavy atom. The quantitative estimate of drug-likeness (QED) is 0.394. The summed E-state index contributed by atoms with van der Waals surface area (Å²) in [5, 5.41) is 0. The predicted molar refractivity (Wildman–Crippen MR) is 108 cm³/mol. The van der Waals surface area contributed by atoms with Crippen LogP contribution in [0.1, 0.15) is 34.2 Å². The fourth-order valence-electron chi connectivity index (χ4n) is 3.22. The number of aromatic amines is 3. The van der Waals surface area contributed by atoms with Gasteiger partial charge in [-0.25, -0.2) is 15.0 Å². The smallest absolute Gasteiger partial charge is 0.0925 e. The van der Waals surface area contributed by atoms with Crippen LogP contribution in [0.5, 0.6) is 0 Å². The minimum absolute atomic E-state index is 0.625. The van der Waals surface area contributed by atoms with Gasteiger partial charge in [-0.3, -0.25) is 9.80 Å². The summed E-state index contributed by atoms with van der Waals surface area (Å²) in [5.41, 5.74) is 12.4. The second-order valence-corrected chi connectivity index (χ2v) is 7.20. The fraction of sp³-hybridized carbons (Fsp3) is 0.526. The van der Waals surface area contributed by atoms with Crippen molar-refractivity contribution >= 4 is 0 Å². The summed E-state index contributed by atoms with van der Waals surface area (Å²) in [6, 6.07) is 0. The van der Waals surface area contributed by atoms with Crippen LogP contribution in [0, 0.1) is 20.8 Å². The molecule has 0 aliphatic rings. The predicted octanol–water partition coefficient (Wildman–Crippen LogP) is 1.24.